The number of nitrogens with zero attached hydrogens (tertiary/aromatic N) is 3. The van der Waals surface area contributed by atoms with Crippen LogP contribution in [0.4, 0.5) is 0 Å². The van der Waals surface area contributed by atoms with Crippen LogP contribution in [0.2, 0.25) is 0 Å². The Morgan fingerprint density at radius 2 is 1.65 bits per heavy atom. The van der Waals surface area contributed by atoms with E-state index in [9.17, 15) is 0 Å². The second-order valence-corrected chi connectivity index (χ2v) is 4.65. The first-order valence-corrected chi connectivity index (χ1v) is 5.96. The molecule has 1 aromatic carbocycles. The lowest BCUT2D eigenvalue weighted by Gasteiger charge is -2.22. The van der Waals surface area contributed by atoms with Gasteiger partial charge in [0.2, 0.25) is 0 Å². The largest absolute Gasteiger partial charge is 0.349 e. The number of aryl methyl sites for hydroxylation is 1. The highest BCUT2D eigenvalue weighted by molar-refractivity contribution is 5.79. The zero-order chi connectivity index (χ0) is 12.8. The smallest absolute Gasteiger partial charge is 0.195 e. The molecule has 0 saturated heterocycles. The van der Waals surface area contributed by atoms with Crippen molar-refractivity contribution in [3.05, 3.63) is 35.4 Å². The fraction of sp³-hybridized carbons (Fsp3) is 0.500. The Hall–Kier alpha value is -1.51. The van der Waals surface area contributed by atoms with E-state index in [1.807, 2.05) is 38.0 Å². The first kappa shape index (κ1) is 13.6. The number of hydrogen-bond acceptors (Lipinski definition) is 1. The molecule has 0 atom stereocenters. The molecule has 1 aromatic rings. The molecular formula is C14H23N3. The molecule has 0 heterocycles. The summed E-state index contributed by atoms with van der Waals surface area (Å²) in [5.41, 5.74) is 2.73. The molecule has 94 valence electrons. The topological polar surface area (TPSA) is 18.8 Å². The molecule has 3 nitrogen and oxygen atoms in total. The summed E-state index contributed by atoms with van der Waals surface area (Å²) in [4.78, 5) is 8.71. The summed E-state index contributed by atoms with van der Waals surface area (Å²) in [6, 6.07) is 8.49. The van der Waals surface area contributed by atoms with E-state index in [0.29, 0.717) is 0 Å². The molecule has 0 radical (unpaired) electrons. The molecule has 0 unspecified atom stereocenters. The third-order valence-electron chi connectivity index (χ3n) is 2.70. The van der Waals surface area contributed by atoms with Gasteiger partial charge in [-0.15, -0.1) is 0 Å². The van der Waals surface area contributed by atoms with E-state index in [2.05, 4.69) is 36.2 Å². The number of rotatable bonds is 3. The van der Waals surface area contributed by atoms with Gasteiger partial charge in [-0.3, -0.25) is 4.99 Å². The van der Waals surface area contributed by atoms with Crippen LogP contribution < -0.4 is 0 Å². The fourth-order valence-electron chi connectivity index (χ4n) is 1.85. The average Bonchev–Trinajstić information content (AvgIpc) is 2.25. The van der Waals surface area contributed by atoms with Crippen LogP contribution in [0.1, 0.15) is 11.1 Å². The normalized spacial score (nSPS) is 9.94. The predicted octanol–water partition coefficient (Wildman–Crippen LogP) is 2.02. The quantitative estimate of drug-likeness (QED) is 0.587. The van der Waals surface area contributed by atoms with Crippen LogP contribution in [0.3, 0.4) is 0 Å². The van der Waals surface area contributed by atoms with E-state index < -0.39 is 0 Å². The van der Waals surface area contributed by atoms with Gasteiger partial charge in [0.25, 0.3) is 0 Å². The molecule has 17 heavy (non-hydrogen) atoms. The van der Waals surface area contributed by atoms with Gasteiger partial charge in [0, 0.05) is 34.7 Å². The average molecular weight is 233 g/mol. The SMILES string of the molecule is Cc1ccccc1CCN=C(N(C)C)N(C)C. The Kier molecular flexibility index (Phi) is 5.01. The van der Waals surface area contributed by atoms with Crippen LogP contribution in [0.25, 0.3) is 0 Å². The minimum Gasteiger partial charge on any atom is -0.349 e. The van der Waals surface area contributed by atoms with Gasteiger partial charge in [-0.1, -0.05) is 24.3 Å². The molecule has 0 bridgehead atoms. The molecule has 3 heteroatoms. The monoisotopic (exact) mass is 233 g/mol. The Balaban J connectivity index is 2.62. The minimum atomic E-state index is 0.830. The Morgan fingerprint density at radius 1 is 1.06 bits per heavy atom. The van der Waals surface area contributed by atoms with Crippen molar-refractivity contribution in [1.82, 2.24) is 9.80 Å². The van der Waals surface area contributed by atoms with Gasteiger partial charge in [-0.05, 0) is 24.5 Å². The molecule has 1 rings (SSSR count). The third kappa shape index (κ3) is 4.10. The van der Waals surface area contributed by atoms with E-state index in [1.165, 1.54) is 11.1 Å². The van der Waals surface area contributed by atoms with Crippen LogP contribution >= 0.6 is 0 Å². The molecule has 0 aliphatic rings. The zero-order valence-corrected chi connectivity index (χ0v) is 11.6. The highest BCUT2D eigenvalue weighted by Gasteiger charge is 2.03. The summed E-state index contributed by atoms with van der Waals surface area (Å²) >= 11 is 0. The van der Waals surface area contributed by atoms with Crippen molar-refractivity contribution in [2.75, 3.05) is 34.7 Å². The second kappa shape index (κ2) is 6.28. The van der Waals surface area contributed by atoms with Gasteiger partial charge in [-0.2, -0.15) is 0 Å². The molecule has 0 aliphatic heterocycles. The van der Waals surface area contributed by atoms with Gasteiger partial charge >= 0.3 is 0 Å². The summed E-state index contributed by atoms with van der Waals surface area (Å²) in [6.45, 7) is 2.98. The van der Waals surface area contributed by atoms with Gasteiger partial charge in [0.15, 0.2) is 5.96 Å². The van der Waals surface area contributed by atoms with Gasteiger partial charge < -0.3 is 9.80 Å². The molecule has 0 saturated carbocycles. The number of hydrogen-bond donors (Lipinski definition) is 0. The maximum Gasteiger partial charge on any atom is 0.195 e. The molecule has 0 aromatic heterocycles. The molecule has 0 aliphatic carbocycles. The van der Waals surface area contributed by atoms with Crippen molar-refractivity contribution in [1.29, 1.82) is 0 Å². The highest BCUT2D eigenvalue weighted by Crippen LogP contribution is 2.07. The van der Waals surface area contributed by atoms with Crippen LogP contribution in [0.5, 0.6) is 0 Å². The van der Waals surface area contributed by atoms with Crippen LogP contribution in [0.15, 0.2) is 29.3 Å². The number of guanidine groups is 1. The van der Waals surface area contributed by atoms with Crippen LogP contribution in [-0.4, -0.2) is 50.5 Å². The van der Waals surface area contributed by atoms with E-state index in [-0.39, 0.29) is 0 Å². The van der Waals surface area contributed by atoms with Crippen molar-refractivity contribution in [3.63, 3.8) is 0 Å². The summed E-state index contributed by atoms with van der Waals surface area (Å²) < 4.78 is 0. The molecule has 0 spiro atoms. The van der Waals surface area contributed by atoms with E-state index in [0.717, 1.165) is 18.9 Å². The second-order valence-electron chi connectivity index (χ2n) is 4.65. The number of benzene rings is 1. The predicted molar refractivity (Wildman–Crippen MR) is 74.6 cm³/mol. The lowest BCUT2D eigenvalue weighted by Crippen LogP contribution is -2.35. The maximum atomic E-state index is 4.63. The first-order chi connectivity index (χ1) is 8.02. The third-order valence-corrected chi connectivity index (χ3v) is 2.70. The Labute approximate surface area is 105 Å². The molecule has 0 fully saturated rings. The maximum absolute atomic E-state index is 4.63. The van der Waals surface area contributed by atoms with E-state index >= 15 is 0 Å². The molecule has 0 N–H and O–H groups in total. The lowest BCUT2D eigenvalue weighted by atomic mass is 10.1. The van der Waals surface area contributed by atoms with Crippen molar-refractivity contribution in [2.24, 2.45) is 4.99 Å². The standard InChI is InChI=1S/C14H23N3/c1-12-8-6-7-9-13(12)10-11-15-14(16(2)3)17(4)5/h6-9H,10-11H2,1-5H3. The zero-order valence-electron chi connectivity index (χ0n) is 11.6. The molecule has 0 amide bonds. The van der Waals surface area contributed by atoms with Gasteiger partial charge in [0.1, 0.15) is 0 Å². The first-order valence-electron chi connectivity index (χ1n) is 5.96. The summed E-state index contributed by atoms with van der Waals surface area (Å²) in [7, 11) is 8.08. The van der Waals surface area contributed by atoms with Gasteiger partial charge in [-0.25, -0.2) is 0 Å². The van der Waals surface area contributed by atoms with Crippen molar-refractivity contribution >= 4 is 5.96 Å². The Morgan fingerprint density at radius 3 is 2.18 bits per heavy atom. The Bertz CT molecular complexity index is 371. The van der Waals surface area contributed by atoms with Crippen LogP contribution in [0, 0.1) is 6.92 Å². The summed E-state index contributed by atoms with van der Waals surface area (Å²) in [6.07, 6.45) is 0.998. The van der Waals surface area contributed by atoms with Crippen molar-refractivity contribution in [3.8, 4) is 0 Å². The van der Waals surface area contributed by atoms with Gasteiger partial charge in [0.05, 0.1) is 0 Å². The minimum absolute atomic E-state index is 0.830. The summed E-state index contributed by atoms with van der Waals surface area (Å²) in [5.74, 6) is 1.01. The molecular weight excluding hydrogens is 210 g/mol. The van der Waals surface area contributed by atoms with E-state index in [4.69, 9.17) is 0 Å². The fourth-order valence-corrected chi connectivity index (χ4v) is 1.85. The van der Waals surface area contributed by atoms with Crippen molar-refractivity contribution in [2.45, 2.75) is 13.3 Å². The van der Waals surface area contributed by atoms with Crippen LogP contribution in [-0.2, 0) is 6.42 Å². The summed E-state index contributed by atoms with van der Waals surface area (Å²) in [5, 5.41) is 0. The number of aliphatic imine (C=N–C) groups is 1. The van der Waals surface area contributed by atoms with Crippen molar-refractivity contribution < 1.29 is 0 Å². The lowest BCUT2D eigenvalue weighted by molar-refractivity contribution is 0.479. The van der Waals surface area contributed by atoms with E-state index in [1.54, 1.807) is 0 Å². The highest BCUT2D eigenvalue weighted by atomic mass is 15.3.